The Hall–Kier alpha value is 0.0900. The summed E-state index contributed by atoms with van der Waals surface area (Å²) in [5.74, 6) is 0. The maximum Gasteiger partial charge on any atom is 0.240 e. The number of hydrogen-bond acceptors (Lipinski definition) is 2. The second kappa shape index (κ2) is 5.98. The molecule has 1 rings (SSSR count). The normalized spacial score (nSPS) is 13.7. The Kier molecular flexibility index (Phi) is 5.25. The lowest BCUT2D eigenvalue weighted by Crippen LogP contribution is -2.30. The summed E-state index contributed by atoms with van der Waals surface area (Å²) in [6, 6.07) is 8.32. The fraction of sp³-hybridized carbons (Fsp3) is 0.333. The minimum Gasteiger partial charge on any atom is -0.210 e. The molecule has 0 amide bonds. The van der Waals surface area contributed by atoms with Crippen LogP contribution in [0.5, 0.6) is 0 Å². The molecule has 6 heteroatoms. The zero-order chi connectivity index (χ0) is 11.3. The third kappa shape index (κ3) is 4.22. The minimum atomic E-state index is -3.37. The van der Waals surface area contributed by atoms with Crippen LogP contribution in [-0.4, -0.2) is 25.1 Å². The number of nitrogens with one attached hydrogen (secondary N) is 1. The van der Waals surface area contributed by atoms with Crippen molar-refractivity contribution in [1.29, 1.82) is 0 Å². The molecule has 1 aromatic rings. The number of benzene rings is 1. The minimum absolute atomic E-state index is 0.0935. The van der Waals surface area contributed by atoms with Gasteiger partial charge in [-0.05, 0) is 12.1 Å². The topological polar surface area (TPSA) is 46.2 Å². The second-order valence-electron chi connectivity index (χ2n) is 2.92. The Balaban J connectivity index is 2.69. The zero-order valence-electron chi connectivity index (χ0n) is 7.86. The van der Waals surface area contributed by atoms with Crippen LogP contribution < -0.4 is 4.72 Å². The molecule has 0 saturated heterocycles. The lowest BCUT2D eigenvalue weighted by molar-refractivity contribution is 0.582. The number of rotatable bonds is 5. The van der Waals surface area contributed by atoms with Crippen LogP contribution in [0.25, 0.3) is 0 Å². The van der Waals surface area contributed by atoms with Crippen molar-refractivity contribution in [2.75, 3.05) is 11.9 Å². The predicted octanol–water partition coefficient (Wildman–Crippen LogP) is 2.12. The zero-order valence-corrected chi connectivity index (χ0v) is 11.8. The molecule has 3 nitrogen and oxygen atoms in total. The van der Waals surface area contributed by atoms with E-state index in [2.05, 4.69) is 36.6 Å². The van der Waals surface area contributed by atoms with Gasteiger partial charge in [0.05, 0.1) is 4.90 Å². The molecular weight excluding hydrogens is 346 g/mol. The van der Waals surface area contributed by atoms with Crippen molar-refractivity contribution in [2.24, 2.45) is 0 Å². The highest BCUT2D eigenvalue weighted by atomic mass is 79.9. The van der Waals surface area contributed by atoms with Crippen LogP contribution in [0, 0.1) is 0 Å². The summed E-state index contributed by atoms with van der Waals surface area (Å²) in [6.07, 6.45) is 0. The third-order valence-electron chi connectivity index (χ3n) is 1.72. The molecule has 1 atom stereocenters. The second-order valence-corrected chi connectivity index (χ2v) is 6.63. The number of hydrogen-bond donors (Lipinski definition) is 1. The van der Waals surface area contributed by atoms with E-state index in [4.69, 9.17) is 0 Å². The van der Waals surface area contributed by atoms with Crippen LogP contribution in [-0.2, 0) is 10.0 Å². The van der Waals surface area contributed by atoms with Gasteiger partial charge in [0, 0.05) is 16.7 Å². The predicted molar refractivity (Wildman–Crippen MR) is 68.1 cm³/mol. The fourth-order valence-corrected chi connectivity index (χ4v) is 2.65. The Morgan fingerprint density at radius 3 is 2.40 bits per heavy atom. The first-order chi connectivity index (χ1) is 7.06. The van der Waals surface area contributed by atoms with Gasteiger partial charge in [-0.2, -0.15) is 0 Å². The summed E-state index contributed by atoms with van der Waals surface area (Å²) in [6.45, 7) is 0.364. The van der Waals surface area contributed by atoms with Gasteiger partial charge in [-0.3, -0.25) is 0 Å². The molecule has 1 N–H and O–H groups in total. The molecule has 0 unspecified atom stereocenters. The lowest BCUT2D eigenvalue weighted by atomic mass is 10.4. The Labute approximate surface area is 107 Å². The van der Waals surface area contributed by atoms with E-state index in [1.54, 1.807) is 30.3 Å². The molecule has 0 aliphatic rings. The largest absolute Gasteiger partial charge is 0.240 e. The van der Waals surface area contributed by atoms with Gasteiger partial charge in [-0.15, -0.1) is 0 Å². The Bertz CT molecular complexity index is 394. The summed E-state index contributed by atoms with van der Waals surface area (Å²) in [7, 11) is -3.37. The van der Waals surface area contributed by atoms with Gasteiger partial charge in [-0.1, -0.05) is 50.1 Å². The molecule has 0 radical (unpaired) electrons. The van der Waals surface area contributed by atoms with Crippen molar-refractivity contribution in [3.63, 3.8) is 0 Å². The Morgan fingerprint density at radius 2 is 1.87 bits per heavy atom. The average molecular weight is 357 g/mol. The molecule has 15 heavy (non-hydrogen) atoms. The number of sulfonamides is 1. The first kappa shape index (κ1) is 13.2. The van der Waals surface area contributed by atoms with Crippen LogP contribution >= 0.6 is 31.9 Å². The van der Waals surface area contributed by atoms with Crippen molar-refractivity contribution in [3.8, 4) is 0 Å². The van der Waals surface area contributed by atoms with Gasteiger partial charge in [0.2, 0.25) is 10.0 Å². The molecule has 0 aliphatic carbocycles. The summed E-state index contributed by atoms with van der Waals surface area (Å²) in [4.78, 5) is 0.384. The van der Waals surface area contributed by atoms with E-state index in [-0.39, 0.29) is 4.83 Å². The van der Waals surface area contributed by atoms with Crippen LogP contribution in [0.3, 0.4) is 0 Å². The smallest absolute Gasteiger partial charge is 0.210 e. The molecular formula is C9H11Br2NO2S. The molecule has 0 spiro atoms. The molecule has 0 bridgehead atoms. The molecule has 0 heterocycles. The maximum absolute atomic E-state index is 11.7. The van der Waals surface area contributed by atoms with Crippen molar-refractivity contribution in [1.82, 2.24) is 4.72 Å². The summed E-state index contributed by atoms with van der Waals surface area (Å²) in [5, 5.41) is 0.699. The molecule has 0 aliphatic heterocycles. The molecule has 0 saturated carbocycles. The highest BCUT2D eigenvalue weighted by Gasteiger charge is 2.14. The van der Waals surface area contributed by atoms with Gasteiger partial charge < -0.3 is 0 Å². The van der Waals surface area contributed by atoms with Crippen LogP contribution in [0.2, 0.25) is 0 Å². The van der Waals surface area contributed by atoms with E-state index < -0.39 is 10.0 Å². The molecule has 0 aromatic heterocycles. The van der Waals surface area contributed by atoms with Gasteiger partial charge in [0.25, 0.3) is 0 Å². The van der Waals surface area contributed by atoms with E-state index in [0.29, 0.717) is 16.8 Å². The van der Waals surface area contributed by atoms with Crippen molar-refractivity contribution in [2.45, 2.75) is 9.72 Å². The summed E-state index contributed by atoms with van der Waals surface area (Å²) < 4.78 is 25.9. The van der Waals surface area contributed by atoms with E-state index in [0.717, 1.165) is 0 Å². The number of halogens is 2. The van der Waals surface area contributed by atoms with Crippen molar-refractivity contribution < 1.29 is 8.42 Å². The van der Waals surface area contributed by atoms with Gasteiger partial charge in [-0.25, -0.2) is 13.1 Å². The van der Waals surface area contributed by atoms with E-state index in [1.165, 1.54) is 0 Å². The lowest BCUT2D eigenvalue weighted by Gasteiger charge is -2.08. The highest BCUT2D eigenvalue weighted by molar-refractivity contribution is 9.12. The average Bonchev–Trinajstić information content (AvgIpc) is 2.27. The first-order valence-corrected chi connectivity index (χ1v) is 7.83. The molecule has 0 fully saturated rings. The van der Waals surface area contributed by atoms with Crippen molar-refractivity contribution in [3.05, 3.63) is 30.3 Å². The van der Waals surface area contributed by atoms with Crippen LogP contribution in [0.15, 0.2) is 35.2 Å². The number of alkyl halides is 2. The summed E-state index contributed by atoms with van der Waals surface area (Å²) >= 11 is 6.59. The van der Waals surface area contributed by atoms with E-state index in [9.17, 15) is 8.42 Å². The molecule has 1 aromatic carbocycles. The van der Waals surface area contributed by atoms with E-state index in [1.807, 2.05) is 0 Å². The highest BCUT2D eigenvalue weighted by Crippen LogP contribution is 2.08. The standard InChI is InChI=1S/C9H11Br2NO2S/c10-6-8(11)7-12-15(13,14)9-4-2-1-3-5-9/h1-5,8,12H,6-7H2/t8-/m1/s1. The van der Waals surface area contributed by atoms with Crippen LogP contribution in [0.1, 0.15) is 0 Å². The van der Waals surface area contributed by atoms with E-state index >= 15 is 0 Å². The SMILES string of the molecule is O=S(=O)(NC[C@H](Br)CBr)c1ccccc1. The van der Waals surface area contributed by atoms with Gasteiger partial charge in [0.1, 0.15) is 0 Å². The Morgan fingerprint density at radius 1 is 1.27 bits per heavy atom. The fourth-order valence-electron chi connectivity index (χ4n) is 0.938. The third-order valence-corrected chi connectivity index (χ3v) is 5.45. The van der Waals surface area contributed by atoms with Crippen LogP contribution in [0.4, 0.5) is 0 Å². The monoisotopic (exact) mass is 355 g/mol. The molecule has 84 valence electrons. The maximum atomic E-state index is 11.7. The van der Waals surface area contributed by atoms with Gasteiger partial charge in [0.15, 0.2) is 0 Å². The van der Waals surface area contributed by atoms with Crippen molar-refractivity contribution >= 4 is 41.9 Å². The first-order valence-electron chi connectivity index (χ1n) is 4.31. The summed E-state index contributed by atoms with van der Waals surface area (Å²) in [5.41, 5.74) is 0. The quantitative estimate of drug-likeness (QED) is 0.821. The van der Waals surface area contributed by atoms with Gasteiger partial charge >= 0.3 is 0 Å².